The van der Waals surface area contributed by atoms with Crippen molar-refractivity contribution in [2.45, 2.75) is 20.4 Å². The SMILES string of the molecule is CN(Cc1ccon1)CC(C)(C)CN1CCOCC1. The Morgan fingerprint density at radius 1 is 1.37 bits per heavy atom. The maximum Gasteiger partial charge on any atom is 0.124 e. The Kier molecular flexibility index (Phi) is 4.96. The summed E-state index contributed by atoms with van der Waals surface area (Å²) < 4.78 is 10.3. The van der Waals surface area contributed by atoms with Gasteiger partial charge in [0.15, 0.2) is 0 Å². The molecule has 1 aliphatic rings. The molecule has 0 amide bonds. The van der Waals surface area contributed by atoms with E-state index in [0.29, 0.717) is 0 Å². The number of morpholine rings is 1. The molecule has 2 heterocycles. The molecule has 0 atom stereocenters. The lowest BCUT2D eigenvalue weighted by Gasteiger charge is -2.37. The molecule has 5 nitrogen and oxygen atoms in total. The average molecular weight is 267 g/mol. The minimum atomic E-state index is 0.260. The first-order valence-electron chi connectivity index (χ1n) is 6.93. The number of hydrogen-bond acceptors (Lipinski definition) is 5. The Bertz CT molecular complexity index is 359. The normalized spacial score (nSPS) is 18.1. The molecule has 5 heteroatoms. The van der Waals surface area contributed by atoms with Crippen LogP contribution in [0.3, 0.4) is 0 Å². The molecule has 1 fully saturated rings. The third-order valence-electron chi connectivity index (χ3n) is 3.38. The van der Waals surface area contributed by atoms with Crippen LogP contribution in [0, 0.1) is 5.41 Å². The molecule has 0 aliphatic carbocycles. The smallest absolute Gasteiger partial charge is 0.124 e. The molecule has 1 aromatic heterocycles. The van der Waals surface area contributed by atoms with E-state index in [4.69, 9.17) is 9.26 Å². The number of nitrogens with zero attached hydrogens (tertiary/aromatic N) is 3. The molecule has 1 aromatic rings. The summed E-state index contributed by atoms with van der Waals surface area (Å²) in [6.45, 7) is 11.5. The third-order valence-corrected chi connectivity index (χ3v) is 3.38. The molecular weight excluding hydrogens is 242 g/mol. The predicted molar refractivity (Wildman–Crippen MR) is 73.9 cm³/mol. The first-order chi connectivity index (χ1) is 9.05. The zero-order valence-corrected chi connectivity index (χ0v) is 12.3. The summed E-state index contributed by atoms with van der Waals surface area (Å²) in [4.78, 5) is 4.80. The Balaban J connectivity index is 1.78. The highest BCUT2D eigenvalue weighted by molar-refractivity contribution is 4.95. The van der Waals surface area contributed by atoms with Gasteiger partial charge in [-0.05, 0) is 12.5 Å². The fourth-order valence-corrected chi connectivity index (χ4v) is 2.80. The standard InChI is InChI=1S/C14H25N3O2/c1-14(2,12-17-5-8-18-9-6-17)11-16(3)10-13-4-7-19-15-13/h4,7H,5-6,8-12H2,1-3H3. The van der Waals surface area contributed by atoms with Gasteiger partial charge in [0.2, 0.25) is 0 Å². The van der Waals surface area contributed by atoms with Crippen LogP contribution in [0.25, 0.3) is 0 Å². The molecule has 108 valence electrons. The summed E-state index contributed by atoms with van der Waals surface area (Å²) in [5.74, 6) is 0. The minimum absolute atomic E-state index is 0.260. The summed E-state index contributed by atoms with van der Waals surface area (Å²) >= 11 is 0. The summed E-state index contributed by atoms with van der Waals surface area (Å²) in [7, 11) is 2.13. The van der Waals surface area contributed by atoms with Gasteiger partial charge in [0.1, 0.15) is 6.26 Å². The highest BCUT2D eigenvalue weighted by Crippen LogP contribution is 2.20. The minimum Gasteiger partial charge on any atom is -0.379 e. The molecule has 1 saturated heterocycles. The van der Waals surface area contributed by atoms with Crippen molar-refractivity contribution in [2.24, 2.45) is 5.41 Å². The van der Waals surface area contributed by atoms with Crippen LogP contribution in [-0.4, -0.2) is 61.4 Å². The van der Waals surface area contributed by atoms with Crippen LogP contribution in [0.5, 0.6) is 0 Å². The fourth-order valence-electron chi connectivity index (χ4n) is 2.80. The van der Waals surface area contributed by atoms with E-state index in [-0.39, 0.29) is 5.41 Å². The van der Waals surface area contributed by atoms with Crippen LogP contribution in [0.4, 0.5) is 0 Å². The summed E-state index contributed by atoms with van der Waals surface area (Å²) in [5, 5.41) is 3.96. The van der Waals surface area contributed by atoms with E-state index in [1.165, 1.54) is 0 Å². The molecule has 0 saturated carbocycles. The van der Waals surface area contributed by atoms with E-state index >= 15 is 0 Å². The Morgan fingerprint density at radius 2 is 2.11 bits per heavy atom. The van der Waals surface area contributed by atoms with Gasteiger partial charge in [-0.25, -0.2) is 0 Å². The van der Waals surface area contributed by atoms with Crippen LogP contribution < -0.4 is 0 Å². The van der Waals surface area contributed by atoms with Gasteiger partial charge < -0.3 is 9.26 Å². The van der Waals surface area contributed by atoms with Crippen molar-refractivity contribution >= 4 is 0 Å². The molecule has 0 spiro atoms. The summed E-state index contributed by atoms with van der Waals surface area (Å²) in [5.41, 5.74) is 1.25. The van der Waals surface area contributed by atoms with Gasteiger partial charge in [-0.15, -0.1) is 0 Å². The number of ether oxygens (including phenoxy) is 1. The number of rotatable bonds is 6. The van der Waals surface area contributed by atoms with Gasteiger partial charge in [0, 0.05) is 38.8 Å². The second-order valence-corrected chi connectivity index (χ2v) is 6.22. The van der Waals surface area contributed by atoms with Crippen molar-refractivity contribution in [2.75, 3.05) is 46.4 Å². The maximum absolute atomic E-state index is 5.39. The van der Waals surface area contributed by atoms with Gasteiger partial charge in [0.25, 0.3) is 0 Å². The van der Waals surface area contributed by atoms with E-state index in [1.54, 1.807) is 6.26 Å². The van der Waals surface area contributed by atoms with Crippen LogP contribution in [0.15, 0.2) is 16.9 Å². The molecule has 0 bridgehead atoms. The first-order valence-corrected chi connectivity index (χ1v) is 6.93. The lowest BCUT2D eigenvalue weighted by atomic mass is 9.91. The van der Waals surface area contributed by atoms with Crippen molar-refractivity contribution < 1.29 is 9.26 Å². The molecule has 19 heavy (non-hydrogen) atoms. The van der Waals surface area contributed by atoms with Crippen molar-refractivity contribution in [3.63, 3.8) is 0 Å². The number of hydrogen-bond donors (Lipinski definition) is 0. The number of aromatic nitrogens is 1. The maximum atomic E-state index is 5.39. The molecule has 0 unspecified atom stereocenters. The van der Waals surface area contributed by atoms with Crippen LogP contribution >= 0.6 is 0 Å². The second kappa shape index (κ2) is 6.50. The van der Waals surface area contributed by atoms with E-state index < -0.39 is 0 Å². The Labute approximate surface area is 115 Å². The molecule has 2 rings (SSSR count). The van der Waals surface area contributed by atoms with Gasteiger partial charge >= 0.3 is 0 Å². The average Bonchev–Trinajstić information content (AvgIpc) is 2.81. The third kappa shape index (κ3) is 4.93. The lowest BCUT2D eigenvalue weighted by Crippen LogP contribution is -2.45. The van der Waals surface area contributed by atoms with E-state index in [9.17, 15) is 0 Å². The monoisotopic (exact) mass is 267 g/mol. The highest BCUT2D eigenvalue weighted by Gasteiger charge is 2.24. The predicted octanol–water partition coefficient (Wildman–Crippen LogP) is 1.46. The molecular formula is C14H25N3O2. The Morgan fingerprint density at radius 3 is 2.74 bits per heavy atom. The first kappa shape index (κ1) is 14.5. The molecule has 0 N–H and O–H groups in total. The van der Waals surface area contributed by atoms with Crippen LogP contribution in [-0.2, 0) is 11.3 Å². The topological polar surface area (TPSA) is 41.7 Å². The van der Waals surface area contributed by atoms with Crippen molar-refractivity contribution in [1.29, 1.82) is 0 Å². The largest absolute Gasteiger partial charge is 0.379 e. The lowest BCUT2D eigenvalue weighted by molar-refractivity contribution is 0.0160. The van der Waals surface area contributed by atoms with Crippen molar-refractivity contribution in [3.8, 4) is 0 Å². The highest BCUT2D eigenvalue weighted by atomic mass is 16.5. The molecule has 1 aliphatic heterocycles. The zero-order chi connectivity index (χ0) is 13.7. The van der Waals surface area contributed by atoms with Gasteiger partial charge in [-0.2, -0.15) is 0 Å². The summed E-state index contributed by atoms with van der Waals surface area (Å²) in [6, 6.07) is 1.92. The van der Waals surface area contributed by atoms with E-state index in [0.717, 1.165) is 51.6 Å². The van der Waals surface area contributed by atoms with Gasteiger partial charge in [-0.3, -0.25) is 9.80 Å². The van der Waals surface area contributed by atoms with Gasteiger partial charge in [-0.1, -0.05) is 19.0 Å². The van der Waals surface area contributed by atoms with E-state index in [1.807, 2.05) is 6.07 Å². The molecule has 0 radical (unpaired) electrons. The van der Waals surface area contributed by atoms with Crippen molar-refractivity contribution in [1.82, 2.24) is 15.0 Å². The fraction of sp³-hybridized carbons (Fsp3) is 0.786. The van der Waals surface area contributed by atoms with Crippen LogP contribution in [0.2, 0.25) is 0 Å². The van der Waals surface area contributed by atoms with Gasteiger partial charge in [0.05, 0.1) is 18.9 Å². The summed E-state index contributed by atoms with van der Waals surface area (Å²) in [6.07, 6.45) is 1.63. The van der Waals surface area contributed by atoms with Crippen molar-refractivity contribution in [3.05, 3.63) is 18.0 Å². The Hall–Kier alpha value is -0.910. The molecule has 0 aromatic carbocycles. The van der Waals surface area contributed by atoms with Crippen LogP contribution in [0.1, 0.15) is 19.5 Å². The van der Waals surface area contributed by atoms with E-state index in [2.05, 4.69) is 35.9 Å². The second-order valence-electron chi connectivity index (χ2n) is 6.22. The zero-order valence-electron chi connectivity index (χ0n) is 12.3. The quantitative estimate of drug-likeness (QED) is 0.780.